The number of nitrogens with zero attached hydrogens (tertiary/aromatic N) is 2. The average Bonchev–Trinajstić information content (AvgIpc) is 2.91. The molecule has 0 radical (unpaired) electrons. The Bertz CT molecular complexity index is 895. The average molecular weight is 339 g/mol. The molecule has 24 heavy (non-hydrogen) atoms. The molecule has 2 aromatic rings. The minimum atomic E-state index is -0.477. The molecule has 2 amide bonds. The third-order valence-corrected chi connectivity index (χ3v) is 4.15. The number of hydrogen-bond donors (Lipinski definition) is 1. The van der Waals surface area contributed by atoms with Crippen molar-refractivity contribution >= 4 is 40.9 Å². The Morgan fingerprint density at radius 1 is 1.17 bits per heavy atom. The molecule has 2 heterocycles. The summed E-state index contributed by atoms with van der Waals surface area (Å²) >= 11 is 5.22. The number of anilines is 1. The highest BCUT2D eigenvalue weighted by atomic mass is 32.1. The number of carbonyl (C=O) groups excluding carboxylic acids is 2. The molecule has 0 saturated carbocycles. The van der Waals surface area contributed by atoms with Gasteiger partial charge in [-0.25, -0.2) is 0 Å². The molecule has 1 aliphatic heterocycles. The van der Waals surface area contributed by atoms with Crippen LogP contribution >= 0.6 is 12.2 Å². The normalized spacial score (nSPS) is 16.7. The maximum Gasteiger partial charge on any atom is 0.270 e. The monoisotopic (exact) mass is 339 g/mol. The summed E-state index contributed by atoms with van der Waals surface area (Å²) in [6, 6.07) is 7.56. The van der Waals surface area contributed by atoms with E-state index in [-0.39, 0.29) is 10.7 Å². The first kappa shape index (κ1) is 16.1. The Hall–Kier alpha value is -2.73. The molecule has 1 N–H and O–H groups in total. The summed E-state index contributed by atoms with van der Waals surface area (Å²) in [5, 5.41) is 2.70. The minimum Gasteiger partial charge on any atom is -0.357 e. The molecule has 1 saturated heterocycles. The van der Waals surface area contributed by atoms with Crippen molar-refractivity contribution in [1.29, 1.82) is 0 Å². The molecular weight excluding hydrogens is 322 g/mol. The minimum absolute atomic E-state index is 0.0646. The summed E-state index contributed by atoms with van der Waals surface area (Å²) in [6.45, 7) is 3.89. The molecule has 5 nitrogen and oxygen atoms in total. The van der Waals surface area contributed by atoms with Gasteiger partial charge in [0.2, 0.25) is 0 Å². The Morgan fingerprint density at radius 3 is 2.54 bits per heavy atom. The van der Waals surface area contributed by atoms with Crippen molar-refractivity contribution in [2.24, 2.45) is 7.05 Å². The largest absolute Gasteiger partial charge is 0.357 e. The van der Waals surface area contributed by atoms with Gasteiger partial charge in [-0.1, -0.05) is 17.7 Å². The summed E-state index contributed by atoms with van der Waals surface area (Å²) in [5.74, 6) is -0.894. The molecule has 0 bridgehead atoms. The van der Waals surface area contributed by atoms with Gasteiger partial charge >= 0.3 is 0 Å². The molecule has 0 atom stereocenters. The van der Waals surface area contributed by atoms with Crippen LogP contribution in [-0.2, 0) is 16.6 Å². The van der Waals surface area contributed by atoms with Crippen LogP contribution in [0.1, 0.15) is 16.7 Å². The summed E-state index contributed by atoms with van der Waals surface area (Å²) < 4.78 is 1.85. The van der Waals surface area contributed by atoms with E-state index in [1.54, 1.807) is 6.08 Å². The zero-order chi connectivity index (χ0) is 17.4. The fourth-order valence-corrected chi connectivity index (χ4v) is 2.98. The van der Waals surface area contributed by atoms with E-state index in [1.807, 2.05) is 62.1 Å². The topological polar surface area (TPSA) is 54.3 Å². The standard InChI is InChI=1S/C18H17N3O2S/c1-11-4-5-15(12(2)8-11)21-17(23)14(16(22)19-18(21)24)9-13-6-7-20(3)10-13/h4-10H,1-3H3,(H,19,22,24)/b14-9-. The van der Waals surface area contributed by atoms with Crippen molar-refractivity contribution in [3.8, 4) is 0 Å². The first-order valence-electron chi connectivity index (χ1n) is 7.47. The predicted molar refractivity (Wildman–Crippen MR) is 97.5 cm³/mol. The zero-order valence-corrected chi connectivity index (χ0v) is 14.5. The third kappa shape index (κ3) is 2.88. The number of thiocarbonyl (C=S) groups is 1. The van der Waals surface area contributed by atoms with Gasteiger partial charge in [-0.05, 0) is 55.4 Å². The second kappa shape index (κ2) is 6.05. The Balaban J connectivity index is 2.04. The van der Waals surface area contributed by atoms with E-state index in [4.69, 9.17) is 12.2 Å². The van der Waals surface area contributed by atoms with Crippen molar-refractivity contribution in [2.45, 2.75) is 13.8 Å². The SMILES string of the molecule is Cc1ccc(N2C(=O)/C(=C\c3ccn(C)c3)C(=O)NC2=S)c(C)c1. The van der Waals surface area contributed by atoms with Gasteiger partial charge in [-0.2, -0.15) is 0 Å². The van der Waals surface area contributed by atoms with Gasteiger partial charge in [0.1, 0.15) is 5.57 Å². The summed E-state index contributed by atoms with van der Waals surface area (Å²) in [7, 11) is 1.88. The van der Waals surface area contributed by atoms with Crippen LogP contribution in [0, 0.1) is 13.8 Å². The molecule has 1 aliphatic rings. The lowest BCUT2D eigenvalue weighted by molar-refractivity contribution is -0.122. The number of hydrogen-bond acceptors (Lipinski definition) is 3. The molecule has 1 fully saturated rings. The number of rotatable bonds is 2. The van der Waals surface area contributed by atoms with Gasteiger partial charge in [0.25, 0.3) is 11.8 Å². The van der Waals surface area contributed by atoms with Crippen molar-refractivity contribution < 1.29 is 9.59 Å². The molecule has 3 rings (SSSR count). The lowest BCUT2D eigenvalue weighted by Gasteiger charge is -2.30. The first-order chi connectivity index (χ1) is 11.4. The molecule has 1 aromatic heterocycles. The third-order valence-electron chi connectivity index (χ3n) is 3.86. The molecule has 0 unspecified atom stereocenters. The van der Waals surface area contributed by atoms with Gasteiger partial charge in [-0.15, -0.1) is 0 Å². The van der Waals surface area contributed by atoms with Crippen molar-refractivity contribution in [2.75, 3.05) is 4.90 Å². The van der Waals surface area contributed by atoms with E-state index in [9.17, 15) is 9.59 Å². The van der Waals surface area contributed by atoms with Crippen LogP contribution < -0.4 is 10.2 Å². The maximum absolute atomic E-state index is 12.9. The maximum atomic E-state index is 12.9. The Kier molecular flexibility index (Phi) is 4.07. The summed E-state index contributed by atoms with van der Waals surface area (Å²) in [6.07, 6.45) is 5.27. The van der Waals surface area contributed by atoms with Crippen LogP contribution in [0.2, 0.25) is 0 Å². The highest BCUT2D eigenvalue weighted by Gasteiger charge is 2.35. The number of amides is 2. The summed E-state index contributed by atoms with van der Waals surface area (Å²) in [4.78, 5) is 26.5. The van der Waals surface area contributed by atoms with Crippen LogP contribution in [-0.4, -0.2) is 21.5 Å². The van der Waals surface area contributed by atoms with Crippen LogP contribution in [0.25, 0.3) is 6.08 Å². The van der Waals surface area contributed by atoms with Gasteiger partial charge in [0.05, 0.1) is 5.69 Å². The highest BCUT2D eigenvalue weighted by Crippen LogP contribution is 2.26. The molecule has 6 heteroatoms. The second-order valence-electron chi connectivity index (χ2n) is 5.86. The van der Waals surface area contributed by atoms with E-state index < -0.39 is 11.8 Å². The van der Waals surface area contributed by atoms with Gasteiger partial charge in [0.15, 0.2) is 5.11 Å². The van der Waals surface area contributed by atoms with Crippen LogP contribution in [0.3, 0.4) is 0 Å². The van der Waals surface area contributed by atoms with Crippen LogP contribution in [0.5, 0.6) is 0 Å². The number of nitrogens with one attached hydrogen (secondary N) is 1. The van der Waals surface area contributed by atoms with Crippen molar-refractivity contribution in [3.05, 3.63) is 58.9 Å². The Labute approximate surface area is 145 Å². The summed E-state index contributed by atoms with van der Waals surface area (Å²) in [5.41, 5.74) is 3.53. The molecule has 1 aromatic carbocycles. The van der Waals surface area contributed by atoms with Crippen molar-refractivity contribution in [1.82, 2.24) is 9.88 Å². The highest BCUT2D eigenvalue weighted by molar-refractivity contribution is 7.80. The quantitative estimate of drug-likeness (QED) is 0.519. The lowest BCUT2D eigenvalue weighted by atomic mass is 10.1. The van der Waals surface area contributed by atoms with E-state index in [0.717, 1.165) is 16.7 Å². The van der Waals surface area contributed by atoms with E-state index >= 15 is 0 Å². The van der Waals surface area contributed by atoms with E-state index in [1.165, 1.54) is 4.90 Å². The van der Waals surface area contributed by atoms with Crippen molar-refractivity contribution in [3.63, 3.8) is 0 Å². The first-order valence-corrected chi connectivity index (χ1v) is 7.88. The zero-order valence-electron chi connectivity index (χ0n) is 13.7. The fourth-order valence-electron chi connectivity index (χ4n) is 2.71. The van der Waals surface area contributed by atoms with Crippen LogP contribution in [0.4, 0.5) is 5.69 Å². The predicted octanol–water partition coefficient (Wildman–Crippen LogP) is 2.47. The fraction of sp³-hybridized carbons (Fsp3) is 0.167. The Morgan fingerprint density at radius 2 is 1.92 bits per heavy atom. The molecular formula is C18H17N3O2S. The van der Waals surface area contributed by atoms with Crippen LogP contribution in [0.15, 0.2) is 42.2 Å². The number of benzene rings is 1. The molecule has 122 valence electrons. The molecule has 0 spiro atoms. The number of carbonyl (C=O) groups is 2. The number of aryl methyl sites for hydroxylation is 3. The van der Waals surface area contributed by atoms with E-state index in [2.05, 4.69) is 5.32 Å². The number of aromatic nitrogens is 1. The van der Waals surface area contributed by atoms with Gasteiger partial charge in [-0.3, -0.25) is 19.8 Å². The molecule has 0 aliphatic carbocycles. The second-order valence-corrected chi connectivity index (χ2v) is 6.24. The van der Waals surface area contributed by atoms with E-state index in [0.29, 0.717) is 5.69 Å². The van der Waals surface area contributed by atoms with Gasteiger partial charge < -0.3 is 4.57 Å². The van der Waals surface area contributed by atoms with Gasteiger partial charge in [0, 0.05) is 19.4 Å². The lowest BCUT2D eigenvalue weighted by Crippen LogP contribution is -2.54. The smallest absolute Gasteiger partial charge is 0.270 e.